The first-order chi connectivity index (χ1) is 9.51. The van der Waals surface area contributed by atoms with Crippen LogP contribution in [-0.4, -0.2) is 6.10 Å². The number of nitrogens with zero attached hydrogens (tertiary/aromatic N) is 1. The third kappa shape index (κ3) is 3.09. The van der Waals surface area contributed by atoms with Crippen molar-refractivity contribution >= 4 is 11.6 Å². The maximum atomic E-state index is 13.5. The number of nitriles is 1. The van der Waals surface area contributed by atoms with E-state index in [0.717, 1.165) is 5.56 Å². The number of ether oxygens (including phenoxy) is 1. The lowest BCUT2D eigenvalue weighted by Gasteiger charge is -2.13. The minimum atomic E-state index is -0.472. The van der Waals surface area contributed by atoms with Crippen molar-refractivity contribution in [3.63, 3.8) is 0 Å². The van der Waals surface area contributed by atoms with E-state index >= 15 is 0 Å². The lowest BCUT2D eigenvalue weighted by Crippen LogP contribution is -2.06. The van der Waals surface area contributed by atoms with Crippen LogP contribution in [0.15, 0.2) is 36.4 Å². The van der Waals surface area contributed by atoms with Crippen molar-refractivity contribution in [2.24, 2.45) is 0 Å². The number of hydrogen-bond acceptors (Lipinski definition) is 2. The normalized spacial score (nSPS) is 10.4. The topological polar surface area (TPSA) is 33.0 Å². The second-order valence-electron chi connectivity index (χ2n) is 4.62. The van der Waals surface area contributed by atoms with E-state index in [1.807, 2.05) is 13.8 Å². The first-order valence-corrected chi connectivity index (χ1v) is 6.55. The van der Waals surface area contributed by atoms with Crippen LogP contribution in [0.5, 0.6) is 5.75 Å². The fourth-order valence-electron chi connectivity index (χ4n) is 1.82. The molecule has 0 aliphatic rings. The molecule has 0 bridgehead atoms. The van der Waals surface area contributed by atoms with Crippen LogP contribution in [-0.2, 0) is 0 Å². The largest absolute Gasteiger partial charge is 0.490 e. The maximum Gasteiger partial charge on any atom is 0.142 e. The predicted molar refractivity (Wildman–Crippen MR) is 77.3 cm³/mol. The lowest BCUT2D eigenvalue weighted by atomic mass is 10.0. The second kappa shape index (κ2) is 5.94. The van der Waals surface area contributed by atoms with Crippen LogP contribution in [0.4, 0.5) is 4.39 Å². The van der Waals surface area contributed by atoms with Crippen molar-refractivity contribution in [3.05, 3.63) is 52.8 Å². The van der Waals surface area contributed by atoms with Crippen LogP contribution >= 0.6 is 11.6 Å². The van der Waals surface area contributed by atoms with Crippen molar-refractivity contribution in [1.29, 1.82) is 5.26 Å². The molecule has 0 N–H and O–H groups in total. The Morgan fingerprint density at radius 1 is 1.15 bits per heavy atom. The molecule has 0 spiro atoms. The summed E-state index contributed by atoms with van der Waals surface area (Å²) in [6, 6.07) is 11.8. The van der Waals surface area contributed by atoms with Crippen LogP contribution in [0.2, 0.25) is 5.02 Å². The number of hydrogen-bond donors (Lipinski definition) is 0. The average Bonchev–Trinajstić information content (AvgIpc) is 2.41. The first-order valence-electron chi connectivity index (χ1n) is 6.17. The van der Waals surface area contributed by atoms with Crippen molar-refractivity contribution in [3.8, 4) is 22.9 Å². The maximum absolute atomic E-state index is 13.5. The van der Waals surface area contributed by atoms with Gasteiger partial charge in [0.15, 0.2) is 0 Å². The minimum absolute atomic E-state index is 0.0423. The highest BCUT2D eigenvalue weighted by Crippen LogP contribution is 2.29. The Morgan fingerprint density at radius 3 is 2.40 bits per heavy atom. The van der Waals surface area contributed by atoms with Crippen molar-refractivity contribution in [2.75, 3.05) is 0 Å². The zero-order valence-electron chi connectivity index (χ0n) is 11.2. The third-order valence-corrected chi connectivity index (χ3v) is 3.02. The Balaban J connectivity index is 2.47. The molecule has 102 valence electrons. The summed E-state index contributed by atoms with van der Waals surface area (Å²) in [5, 5.41) is 9.15. The van der Waals surface area contributed by atoms with Crippen molar-refractivity contribution < 1.29 is 9.13 Å². The Hall–Kier alpha value is -2.05. The fourth-order valence-corrected chi connectivity index (χ4v) is 1.94. The Labute approximate surface area is 122 Å². The van der Waals surface area contributed by atoms with E-state index in [0.29, 0.717) is 16.9 Å². The van der Waals surface area contributed by atoms with E-state index in [-0.39, 0.29) is 11.1 Å². The van der Waals surface area contributed by atoms with Gasteiger partial charge < -0.3 is 4.74 Å². The van der Waals surface area contributed by atoms with Crippen molar-refractivity contribution in [2.45, 2.75) is 20.0 Å². The first kappa shape index (κ1) is 14.4. The van der Waals surface area contributed by atoms with E-state index in [4.69, 9.17) is 21.6 Å². The summed E-state index contributed by atoms with van der Waals surface area (Å²) in [5.41, 5.74) is 1.91. The summed E-state index contributed by atoms with van der Waals surface area (Å²) in [7, 11) is 0. The molecule has 2 rings (SSSR count). The molecule has 2 aromatic rings. The molecule has 2 nitrogen and oxygen atoms in total. The molecule has 20 heavy (non-hydrogen) atoms. The Bertz CT molecular complexity index is 677. The third-order valence-electron chi connectivity index (χ3n) is 2.72. The quantitative estimate of drug-likeness (QED) is 0.812. The van der Waals surface area contributed by atoms with Crippen LogP contribution < -0.4 is 4.74 Å². The second-order valence-corrected chi connectivity index (χ2v) is 5.03. The Morgan fingerprint density at radius 2 is 1.80 bits per heavy atom. The van der Waals surface area contributed by atoms with Crippen LogP contribution in [0, 0.1) is 17.1 Å². The van der Waals surface area contributed by atoms with Gasteiger partial charge in [-0.3, -0.25) is 0 Å². The molecule has 0 atom stereocenters. The fraction of sp³-hybridized carbons (Fsp3) is 0.188. The molecule has 0 radical (unpaired) electrons. The van der Waals surface area contributed by atoms with Gasteiger partial charge >= 0.3 is 0 Å². The summed E-state index contributed by atoms with van der Waals surface area (Å²) in [6.45, 7) is 3.77. The molecule has 0 unspecified atom stereocenters. The molecule has 0 aliphatic heterocycles. The zero-order chi connectivity index (χ0) is 14.7. The highest BCUT2D eigenvalue weighted by atomic mass is 35.5. The zero-order valence-corrected chi connectivity index (χ0v) is 11.9. The van der Waals surface area contributed by atoms with E-state index in [1.165, 1.54) is 12.1 Å². The van der Waals surface area contributed by atoms with E-state index in [1.54, 1.807) is 24.3 Å². The molecule has 0 saturated carbocycles. The minimum Gasteiger partial charge on any atom is -0.490 e. The average molecular weight is 290 g/mol. The van der Waals surface area contributed by atoms with Gasteiger partial charge in [0.2, 0.25) is 0 Å². The molecular formula is C16H13ClFNO. The van der Waals surface area contributed by atoms with Crippen LogP contribution in [0.1, 0.15) is 19.4 Å². The monoisotopic (exact) mass is 289 g/mol. The van der Waals surface area contributed by atoms with Gasteiger partial charge in [-0.2, -0.15) is 5.26 Å². The van der Waals surface area contributed by atoms with Gasteiger partial charge in [0, 0.05) is 0 Å². The standard InChI is InChI=1S/C16H13ClFNO/c1-10(2)20-16-8-12(3-4-13(16)9-19)11-5-6-14(17)15(18)7-11/h3-8,10H,1-2H3. The van der Waals surface area contributed by atoms with E-state index in [9.17, 15) is 4.39 Å². The van der Waals surface area contributed by atoms with Gasteiger partial charge in [-0.25, -0.2) is 4.39 Å². The predicted octanol–water partition coefficient (Wildman–Crippen LogP) is 4.80. The Kier molecular flexibility index (Phi) is 4.26. The number of rotatable bonds is 3. The van der Waals surface area contributed by atoms with Crippen LogP contribution in [0.3, 0.4) is 0 Å². The molecule has 4 heteroatoms. The highest BCUT2D eigenvalue weighted by Gasteiger charge is 2.09. The molecule has 0 aliphatic carbocycles. The SMILES string of the molecule is CC(C)Oc1cc(-c2ccc(Cl)c(F)c2)ccc1C#N. The van der Waals surface area contributed by atoms with Gasteiger partial charge in [0.1, 0.15) is 17.6 Å². The highest BCUT2D eigenvalue weighted by molar-refractivity contribution is 6.30. The molecule has 0 aromatic heterocycles. The summed E-state index contributed by atoms with van der Waals surface area (Å²) in [4.78, 5) is 0. The summed E-state index contributed by atoms with van der Waals surface area (Å²) < 4.78 is 19.1. The van der Waals surface area contributed by atoms with Gasteiger partial charge in [0.05, 0.1) is 16.7 Å². The summed E-state index contributed by atoms with van der Waals surface area (Å²) in [5.74, 6) is 0.0233. The molecule has 2 aromatic carbocycles. The molecule has 0 saturated heterocycles. The summed E-state index contributed by atoms with van der Waals surface area (Å²) >= 11 is 5.67. The molecule has 0 amide bonds. The van der Waals surface area contributed by atoms with E-state index < -0.39 is 5.82 Å². The summed E-state index contributed by atoms with van der Waals surface area (Å²) in [6.07, 6.45) is -0.0423. The van der Waals surface area contributed by atoms with Gasteiger partial charge in [-0.1, -0.05) is 23.7 Å². The van der Waals surface area contributed by atoms with E-state index in [2.05, 4.69) is 6.07 Å². The number of halogens is 2. The van der Waals surface area contributed by atoms with Crippen molar-refractivity contribution in [1.82, 2.24) is 0 Å². The van der Waals surface area contributed by atoms with Crippen LogP contribution in [0.25, 0.3) is 11.1 Å². The lowest BCUT2D eigenvalue weighted by molar-refractivity contribution is 0.242. The molecule has 0 heterocycles. The smallest absolute Gasteiger partial charge is 0.142 e. The molecular weight excluding hydrogens is 277 g/mol. The molecule has 0 fully saturated rings. The van der Waals surface area contributed by atoms with Gasteiger partial charge in [0.25, 0.3) is 0 Å². The van der Waals surface area contributed by atoms with Gasteiger partial charge in [-0.05, 0) is 49.2 Å². The number of benzene rings is 2. The van der Waals surface area contributed by atoms with Gasteiger partial charge in [-0.15, -0.1) is 0 Å².